The van der Waals surface area contributed by atoms with Gasteiger partial charge in [0.25, 0.3) is 0 Å². The van der Waals surface area contributed by atoms with Crippen LogP contribution in [0.15, 0.2) is 44.4 Å². The molecule has 0 aliphatic carbocycles. The van der Waals surface area contributed by atoms with Gasteiger partial charge in [-0.05, 0) is 30.0 Å². The molecule has 3 aromatic rings. The summed E-state index contributed by atoms with van der Waals surface area (Å²) in [6.45, 7) is 0.450. The molecule has 0 spiro atoms. The first kappa shape index (κ1) is 17.1. The number of nitrogens with zero attached hydrogens (tertiary/aromatic N) is 3. The maximum absolute atomic E-state index is 12.6. The largest absolute Gasteiger partial charge is 0.467 e. The van der Waals surface area contributed by atoms with Crippen molar-refractivity contribution in [3.8, 4) is 0 Å². The minimum absolute atomic E-state index is 0.0879. The fourth-order valence-corrected chi connectivity index (χ4v) is 3.54. The minimum Gasteiger partial charge on any atom is -0.467 e. The molecule has 0 aromatic carbocycles. The molecule has 0 bridgehead atoms. The maximum atomic E-state index is 12.6. The molecule has 0 aliphatic rings. The van der Waals surface area contributed by atoms with Crippen LogP contribution in [0.5, 0.6) is 0 Å². The van der Waals surface area contributed by atoms with Gasteiger partial charge in [-0.25, -0.2) is 4.98 Å². The van der Waals surface area contributed by atoms with Crippen molar-refractivity contribution in [3.05, 3.63) is 47.0 Å². The Bertz CT molecular complexity index is 823. The summed E-state index contributed by atoms with van der Waals surface area (Å²) in [6, 6.07) is 4.43. The molecule has 0 saturated heterocycles. The van der Waals surface area contributed by atoms with Crippen molar-refractivity contribution in [3.63, 3.8) is 0 Å². The van der Waals surface area contributed by atoms with Crippen molar-refractivity contribution < 1.29 is 17.6 Å². The Morgan fingerprint density at radius 1 is 1.33 bits per heavy atom. The summed E-state index contributed by atoms with van der Waals surface area (Å²) in [4.78, 5) is 3.75. The van der Waals surface area contributed by atoms with Gasteiger partial charge in [0.15, 0.2) is 4.34 Å². The molecule has 0 unspecified atom stereocenters. The fraction of sp³-hybridized carbons (Fsp3) is 0.154. The summed E-state index contributed by atoms with van der Waals surface area (Å²) < 4.78 is 43.5. The van der Waals surface area contributed by atoms with E-state index in [1.54, 1.807) is 12.3 Å². The molecule has 1 N–H and O–H groups in total. The lowest BCUT2D eigenvalue weighted by atomic mass is 10.3. The van der Waals surface area contributed by atoms with Gasteiger partial charge in [0.1, 0.15) is 10.8 Å². The highest BCUT2D eigenvalue weighted by Gasteiger charge is 2.31. The Kier molecular flexibility index (Phi) is 4.97. The van der Waals surface area contributed by atoms with Gasteiger partial charge < -0.3 is 9.73 Å². The van der Waals surface area contributed by atoms with E-state index >= 15 is 0 Å². The van der Waals surface area contributed by atoms with Gasteiger partial charge in [-0.1, -0.05) is 22.9 Å². The van der Waals surface area contributed by atoms with Crippen LogP contribution in [0.25, 0.3) is 0 Å². The Labute approximate surface area is 147 Å². The molecule has 0 radical (unpaired) electrons. The molecule has 0 aliphatic heterocycles. The number of anilines is 1. The summed E-state index contributed by atoms with van der Waals surface area (Å²) in [6.07, 6.45) is -2.17. The van der Waals surface area contributed by atoms with Crippen molar-refractivity contribution in [1.82, 2.24) is 15.2 Å². The van der Waals surface area contributed by atoms with Gasteiger partial charge in [0, 0.05) is 6.20 Å². The quantitative estimate of drug-likeness (QED) is 0.662. The highest BCUT2D eigenvalue weighted by Crippen LogP contribution is 2.37. The number of hydrogen-bond donors (Lipinski definition) is 1. The standard InChI is InChI=1S/C13H8ClF3N4OS2/c14-9-4-7(13(15,16)17)5-18-10(9)23-12-21-20-11(24-12)19-6-8-2-1-3-22-8/h1-5H,6H2,(H,19,20). The second kappa shape index (κ2) is 6.99. The highest BCUT2D eigenvalue weighted by molar-refractivity contribution is 8.01. The molecule has 0 amide bonds. The first-order valence-corrected chi connectivity index (χ1v) is 8.43. The van der Waals surface area contributed by atoms with Gasteiger partial charge >= 0.3 is 6.18 Å². The Balaban J connectivity index is 1.66. The van der Waals surface area contributed by atoms with Crippen LogP contribution in [0.1, 0.15) is 11.3 Å². The molecule has 24 heavy (non-hydrogen) atoms. The molecule has 3 rings (SSSR count). The van der Waals surface area contributed by atoms with E-state index in [9.17, 15) is 13.2 Å². The number of alkyl halides is 3. The van der Waals surface area contributed by atoms with E-state index < -0.39 is 11.7 Å². The number of halogens is 4. The highest BCUT2D eigenvalue weighted by atomic mass is 35.5. The van der Waals surface area contributed by atoms with E-state index in [-0.39, 0.29) is 10.0 Å². The SMILES string of the molecule is FC(F)(F)c1cnc(Sc2nnc(NCc3ccco3)s2)c(Cl)c1. The zero-order chi connectivity index (χ0) is 17.2. The van der Waals surface area contributed by atoms with E-state index in [2.05, 4.69) is 20.5 Å². The van der Waals surface area contributed by atoms with Crippen molar-refractivity contribution in [2.45, 2.75) is 22.1 Å². The molecule has 0 atom stereocenters. The third-order valence-corrected chi connectivity index (χ3v) is 5.07. The molecular formula is C13H8ClF3N4OS2. The van der Waals surface area contributed by atoms with Crippen LogP contribution in [0, 0.1) is 0 Å². The zero-order valence-corrected chi connectivity index (χ0v) is 14.1. The van der Waals surface area contributed by atoms with Crippen LogP contribution in [0.2, 0.25) is 5.02 Å². The third-order valence-electron chi connectivity index (χ3n) is 2.72. The van der Waals surface area contributed by atoms with Gasteiger partial charge in [-0.15, -0.1) is 10.2 Å². The summed E-state index contributed by atoms with van der Waals surface area (Å²) in [7, 11) is 0. The van der Waals surface area contributed by atoms with Gasteiger partial charge in [-0.2, -0.15) is 13.2 Å². The Morgan fingerprint density at radius 2 is 2.17 bits per heavy atom. The molecule has 0 saturated carbocycles. The van der Waals surface area contributed by atoms with Gasteiger partial charge in [-0.3, -0.25) is 0 Å². The molecular weight excluding hydrogens is 385 g/mol. The van der Waals surface area contributed by atoms with E-state index in [1.165, 1.54) is 11.3 Å². The zero-order valence-electron chi connectivity index (χ0n) is 11.7. The first-order valence-electron chi connectivity index (χ1n) is 6.42. The van der Waals surface area contributed by atoms with E-state index in [4.69, 9.17) is 16.0 Å². The topological polar surface area (TPSA) is 63.8 Å². The molecule has 126 valence electrons. The predicted octanol–water partition coefficient (Wildman–Crippen LogP) is 4.96. The number of pyridine rings is 1. The fourth-order valence-electron chi connectivity index (χ4n) is 1.64. The van der Waals surface area contributed by atoms with Gasteiger partial charge in [0.05, 0.1) is 23.4 Å². The lowest BCUT2D eigenvalue weighted by Gasteiger charge is -2.07. The molecule has 5 nitrogen and oxygen atoms in total. The first-order chi connectivity index (χ1) is 11.4. The van der Waals surface area contributed by atoms with Crippen molar-refractivity contribution in [2.24, 2.45) is 0 Å². The van der Waals surface area contributed by atoms with Crippen LogP contribution in [-0.4, -0.2) is 15.2 Å². The Hall–Kier alpha value is -1.78. The lowest BCUT2D eigenvalue weighted by molar-refractivity contribution is -0.137. The van der Waals surface area contributed by atoms with Crippen molar-refractivity contribution in [1.29, 1.82) is 0 Å². The number of aromatic nitrogens is 3. The second-order valence-corrected chi connectivity index (χ2v) is 7.04. The minimum atomic E-state index is -4.48. The summed E-state index contributed by atoms with van der Waals surface area (Å²) in [5, 5.41) is 11.6. The number of hydrogen-bond acceptors (Lipinski definition) is 7. The number of furan rings is 1. The monoisotopic (exact) mass is 392 g/mol. The van der Waals surface area contributed by atoms with Crippen LogP contribution in [-0.2, 0) is 12.7 Å². The summed E-state index contributed by atoms with van der Waals surface area (Å²) >= 11 is 8.15. The maximum Gasteiger partial charge on any atom is 0.417 e. The molecule has 0 fully saturated rings. The van der Waals surface area contributed by atoms with Crippen LogP contribution in [0.4, 0.5) is 18.3 Å². The molecule has 11 heteroatoms. The predicted molar refractivity (Wildman–Crippen MR) is 84.3 cm³/mol. The van der Waals surface area contributed by atoms with Gasteiger partial charge in [0.2, 0.25) is 5.13 Å². The third kappa shape index (κ3) is 4.19. The van der Waals surface area contributed by atoms with E-state index in [1.807, 2.05) is 6.07 Å². The average Bonchev–Trinajstić information content (AvgIpc) is 3.17. The summed E-state index contributed by atoms with van der Waals surface area (Å²) in [5.74, 6) is 0.742. The summed E-state index contributed by atoms with van der Waals surface area (Å²) in [5.41, 5.74) is -0.894. The van der Waals surface area contributed by atoms with E-state index in [0.29, 0.717) is 16.0 Å². The Morgan fingerprint density at radius 3 is 2.83 bits per heavy atom. The van der Waals surface area contributed by atoms with Crippen molar-refractivity contribution in [2.75, 3.05) is 5.32 Å². The van der Waals surface area contributed by atoms with Crippen LogP contribution < -0.4 is 5.32 Å². The second-order valence-electron chi connectivity index (χ2n) is 4.42. The number of nitrogens with one attached hydrogen (secondary N) is 1. The van der Waals surface area contributed by atoms with E-state index in [0.717, 1.165) is 29.8 Å². The van der Waals surface area contributed by atoms with Crippen LogP contribution >= 0.6 is 34.7 Å². The average molecular weight is 393 g/mol. The number of rotatable bonds is 5. The molecule has 3 heterocycles. The van der Waals surface area contributed by atoms with Crippen LogP contribution in [0.3, 0.4) is 0 Å². The normalized spacial score (nSPS) is 11.7. The lowest BCUT2D eigenvalue weighted by Crippen LogP contribution is -2.05. The molecule has 3 aromatic heterocycles. The van der Waals surface area contributed by atoms with Crippen molar-refractivity contribution >= 4 is 39.8 Å². The smallest absolute Gasteiger partial charge is 0.417 e.